The highest BCUT2D eigenvalue weighted by Crippen LogP contribution is 2.16. The maximum absolute atomic E-state index is 11.6. The van der Waals surface area contributed by atoms with Crippen LogP contribution < -0.4 is 4.74 Å². The molecule has 0 bridgehead atoms. The lowest BCUT2D eigenvalue weighted by Gasteiger charge is -2.12. The number of imide groups is 1. The summed E-state index contributed by atoms with van der Waals surface area (Å²) in [5.74, 6) is -0.410. The van der Waals surface area contributed by atoms with Crippen LogP contribution in [-0.2, 0) is 32.4 Å². The van der Waals surface area contributed by atoms with Crippen molar-refractivity contribution in [2.45, 2.75) is 26.1 Å². The summed E-state index contributed by atoms with van der Waals surface area (Å²) in [5, 5.41) is 0.447. The maximum Gasteiger partial charge on any atom is 0.534 e. The second-order valence-corrected chi connectivity index (χ2v) is 5.63. The number of ether oxygens (including phenoxy) is 2. The van der Waals surface area contributed by atoms with Crippen molar-refractivity contribution in [3.63, 3.8) is 0 Å². The van der Waals surface area contributed by atoms with Gasteiger partial charge in [0.05, 0.1) is 0 Å². The minimum absolute atomic E-state index is 0.0383. The highest BCUT2D eigenvalue weighted by Gasteiger charge is 2.33. The average molecular weight is 355 g/mol. The number of hydroxylamine groups is 2. The van der Waals surface area contributed by atoms with E-state index >= 15 is 0 Å². The van der Waals surface area contributed by atoms with Gasteiger partial charge in [0.2, 0.25) is 0 Å². The van der Waals surface area contributed by atoms with Gasteiger partial charge in [0.25, 0.3) is 11.8 Å². The van der Waals surface area contributed by atoms with E-state index in [0.29, 0.717) is 23.0 Å². The first-order valence-corrected chi connectivity index (χ1v) is 8.08. The fraction of sp³-hybridized carbons (Fsp3) is 0.211. The van der Waals surface area contributed by atoms with Crippen molar-refractivity contribution in [1.82, 2.24) is 5.06 Å². The molecule has 0 atom stereocenters. The zero-order chi connectivity index (χ0) is 18.4. The summed E-state index contributed by atoms with van der Waals surface area (Å²) < 4.78 is 10.6. The third-order valence-electron chi connectivity index (χ3n) is 3.70. The summed E-state index contributed by atoms with van der Waals surface area (Å²) in [5.41, 5.74) is 1.78. The zero-order valence-corrected chi connectivity index (χ0v) is 13.9. The number of hydrogen-bond donors (Lipinski definition) is 0. The fourth-order valence-corrected chi connectivity index (χ4v) is 2.32. The summed E-state index contributed by atoms with van der Waals surface area (Å²) in [4.78, 5) is 38.9. The quantitative estimate of drug-likeness (QED) is 0.585. The normalized spacial score (nSPS) is 13.6. The van der Waals surface area contributed by atoms with Gasteiger partial charge in [-0.2, -0.15) is 0 Å². The smallest absolute Gasteiger partial charge is 0.489 e. The molecular formula is C19H17NO6. The highest BCUT2D eigenvalue weighted by atomic mass is 16.8. The molecule has 0 aromatic heterocycles. The molecule has 7 nitrogen and oxygen atoms in total. The summed E-state index contributed by atoms with van der Waals surface area (Å²) in [7, 11) is 0. The Morgan fingerprint density at radius 1 is 0.846 bits per heavy atom. The van der Waals surface area contributed by atoms with Gasteiger partial charge in [-0.25, -0.2) is 4.79 Å². The third-order valence-corrected chi connectivity index (χ3v) is 3.70. The van der Waals surface area contributed by atoms with Crippen LogP contribution in [-0.4, -0.2) is 23.0 Å². The van der Waals surface area contributed by atoms with E-state index in [1.54, 1.807) is 24.3 Å². The minimum atomic E-state index is -1.10. The van der Waals surface area contributed by atoms with Crippen LogP contribution in [0.25, 0.3) is 0 Å². The van der Waals surface area contributed by atoms with Crippen molar-refractivity contribution in [2.24, 2.45) is 0 Å². The highest BCUT2D eigenvalue weighted by molar-refractivity contribution is 6.01. The van der Waals surface area contributed by atoms with E-state index in [9.17, 15) is 14.4 Å². The molecule has 1 aliphatic rings. The largest absolute Gasteiger partial charge is 0.534 e. The Kier molecular flexibility index (Phi) is 5.48. The maximum atomic E-state index is 11.6. The predicted octanol–water partition coefficient (Wildman–Crippen LogP) is 2.98. The first-order valence-electron chi connectivity index (χ1n) is 8.08. The van der Waals surface area contributed by atoms with Gasteiger partial charge < -0.3 is 9.47 Å². The van der Waals surface area contributed by atoms with E-state index in [1.165, 1.54) is 0 Å². The van der Waals surface area contributed by atoms with Crippen molar-refractivity contribution >= 4 is 18.0 Å². The Morgan fingerprint density at radius 3 is 2.12 bits per heavy atom. The molecule has 2 amide bonds. The molecule has 0 N–H and O–H groups in total. The second-order valence-electron chi connectivity index (χ2n) is 5.63. The van der Waals surface area contributed by atoms with Gasteiger partial charge in [-0.15, -0.1) is 0 Å². The molecule has 7 heteroatoms. The fourth-order valence-electron chi connectivity index (χ4n) is 2.32. The van der Waals surface area contributed by atoms with E-state index in [1.807, 2.05) is 30.3 Å². The van der Waals surface area contributed by atoms with Crippen LogP contribution in [0.4, 0.5) is 4.79 Å². The molecule has 0 radical (unpaired) electrons. The van der Waals surface area contributed by atoms with Crippen LogP contribution in [0.2, 0.25) is 0 Å². The van der Waals surface area contributed by atoms with Gasteiger partial charge in [-0.3, -0.25) is 14.4 Å². The van der Waals surface area contributed by atoms with Crippen molar-refractivity contribution in [3.8, 4) is 5.75 Å². The van der Waals surface area contributed by atoms with Crippen LogP contribution >= 0.6 is 0 Å². The van der Waals surface area contributed by atoms with Crippen molar-refractivity contribution < 1.29 is 28.7 Å². The van der Waals surface area contributed by atoms with Crippen LogP contribution in [0.3, 0.4) is 0 Å². The topological polar surface area (TPSA) is 82.1 Å². The monoisotopic (exact) mass is 355 g/mol. The molecule has 134 valence electrons. The molecule has 0 unspecified atom stereocenters. The van der Waals surface area contributed by atoms with Gasteiger partial charge in [0.15, 0.2) is 0 Å². The van der Waals surface area contributed by atoms with E-state index in [4.69, 9.17) is 9.47 Å². The molecule has 2 aromatic carbocycles. The Balaban J connectivity index is 1.44. The van der Waals surface area contributed by atoms with Crippen LogP contribution in [0.15, 0.2) is 54.6 Å². The van der Waals surface area contributed by atoms with Crippen molar-refractivity contribution in [1.29, 1.82) is 0 Å². The van der Waals surface area contributed by atoms with Gasteiger partial charge in [-0.1, -0.05) is 47.5 Å². The molecule has 0 saturated carbocycles. The van der Waals surface area contributed by atoms with E-state index in [-0.39, 0.29) is 19.4 Å². The number of hydrogen-bond acceptors (Lipinski definition) is 6. The third kappa shape index (κ3) is 4.60. The van der Waals surface area contributed by atoms with Crippen LogP contribution in [0, 0.1) is 0 Å². The summed E-state index contributed by atoms with van der Waals surface area (Å²) in [6.45, 7) is 0.412. The lowest BCUT2D eigenvalue weighted by Crippen LogP contribution is -2.32. The number of rotatable bonds is 6. The minimum Gasteiger partial charge on any atom is -0.489 e. The lowest BCUT2D eigenvalue weighted by molar-refractivity contribution is -0.177. The zero-order valence-electron chi connectivity index (χ0n) is 13.9. The van der Waals surface area contributed by atoms with Gasteiger partial charge in [0, 0.05) is 12.8 Å². The van der Waals surface area contributed by atoms with E-state index < -0.39 is 18.0 Å². The van der Waals surface area contributed by atoms with Gasteiger partial charge in [-0.05, 0) is 23.3 Å². The average Bonchev–Trinajstić information content (AvgIpc) is 2.98. The molecule has 1 heterocycles. The van der Waals surface area contributed by atoms with Crippen LogP contribution in [0.5, 0.6) is 5.75 Å². The Bertz CT molecular complexity index is 771. The van der Waals surface area contributed by atoms with E-state index in [0.717, 1.165) is 5.56 Å². The first-order chi connectivity index (χ1) is 12.6. The number of carbonyl (C=O) groups excluding carboxylic acids is 3. The molecule has 1 aliphatic heterocycles. The SMILES string of the molecule is O=C(OCc1ccc(OCc2ccccc2)cc1)ON1C(=O)CCC1=O. The van der Waals surface area contributed by atoms with Gasteiger partial charge in [0.1, 0.15) is 19.0 Å². The number of nitrogens with zero attached hydrogens (tertiary/aromatic N) is 1. The molecular weight excluding hydrogens is 338 g/mol. The number of carbonyl (C=O) groups is 3. The summed E-state index contributed by atoms with van der Waals surface area (Å²) >= 11 is 0. The van der Waals surface area contributed by atoms with Crippen LogP contribution in [0.1, 0.15) is 24.0 Å². The Morgan fingerprint density at radius 2 is 1.46 bits per heavy atom. The molecule has 3 rings (SSSR count). The Labute approximate surface area is 150 Å². The molecule has 1 saturated heterocycles. The standard InChI is InChI=1S/C19H17NO6/c21-17-10-11-18(22)20(17)26-19(23)25-13-15-6-8-16(9-7-15)24-12-14-4-2-1-3-5-14/h1-9H,10-13H2. The first kappa shape index (κ1) is 17.5. The Hall–Kier alpha value is -3.35. The second kappa shape index (κ2) is 8.15. The molecule has 1 fully saturated rings. The lowest BCUT2D eigenvalue weighted by atomic mass is 10.2. The van der Waals surface area contributed by atoms with E-state index in [2.05, 4.69) is 4.84 Å². The molecule has 2 aromatic rings. The molecule has 26 heavy (non-hydrogen) atoms. The summed E-state index contributed by atoms with van der Waals surface area (Å²) in [6.07, 6.45) is -1.02. The molecule has 0 spiro atoms. The van der Waals surface area contributed by atoms with Crippen molar-refractivity contribution in [2.75, 3.05) is 0 Å². The molecule has 0 aliphatic carbocycles. The number of benzene rings is 2. The number of amides is 2. The summed E-state index contributed by atoms with van der Waals surface area (Å²) in [6, 6.07) is 16.8. The predicted molar refractivity (Wildman–Crippen MR) is 89.6 cm³/mol. The van der Waals surface area contributed by atoms with Crippen molar-refractivity contribution in [3.05, 3.63) is 65.7 Å². The van der Waals surface area contributed by atoms with Gasteiger partial charge >= 0.3 is 6.16 Å².